The second kappa shape index (κ2) is 6.54. The van der Waals surface area contributed by atoms with Crippen molar-refractivity contribution in [2.75, 3.05) is 5.32 Å². The van der Waals surface area contributed by atoms with Crippen LogP contribution in [0.3, 0.4) is 0 Å². The van der Waals surface area contributed by atoms with Crippen LogP contribution in [0.5, 0.6) is 5.75 Å². The van der Waals surface area contributed by atoms with E-state index in [1.165, 1.54) is 17.4 Å². The van der Waals surface area contributed by atoms with Crippen molar-refractivity contribution in [3.63, 3.8) is 0 Å². The number of nitrogens with one attached hydrogen (secondary N) is 2. The Labute approximate surface area is 154 Å². The highest BCUT2D eigenvalue weighted by molar-refractivity contribution is 7.21. The molecule has 1 aromatic heterocycles. The van der Waals surface area contributed by atoms with E-state index >= 15 is 0 Å². The highest BCUT2D eigenvalue weighted by atomic mass is 35.5. The van der Waals surface area contributed by atoms with E-state index in [9.17, 15) is 9.90 Å². The summed E-state index contributed by atoms with van der Waals surface area (Å²) in [6.07, 6.45) is 0. The number of fused-ring (bicyclic) bond motifs is 1. The van der Waals surface area contributed by atoms with Crippen LogP contribution in [0.1, 0.15) is 20.8 Å². The molecule has 0 radical (unpaired) electrons. The Morgan fingerprint density at radius 3 is 2.64 bits per heavy atom. The van der Waals surface area contributed by atoms with E-state index in [-0.39, 0.29) is 22.3 Å². The number of hydrogen-bond donors (Lipinski definition) is 3. The Bertz CT molecular complexity index is 914. The lowest BCUT2D eigenvalue weighted by molar-refractivity contribution is 0.244. The summed E-state index contributed by atoms with van der Waals surface area (Å²) in [5.74, 6) is -0.0532. The summed E-state index contributed by atoms with van der Waals surface area (Å²) < 4.78 is 1.01. The number of para-hydroxylation sites is 1. The molecule has 1 heterocycles. The number of phenols is 1. The molecule has 0 saturated heterocycles. The van der Waals surface area contributed by atoms with Crippen LogP contribution in [0.15, 0.2) is 36.4 Å². The predicted molar refractivity (Wildman–Crippen MR) is 104 cm³/mol. The number of carbonyl (C=O) groups excluding carboxylic acids is 1. The minimum absolute atomic E-state index is 0.0532. The van der Waals surface area contributed by atoms with Crippen LogP contribution in [-0.2, 0) is 0 Å². The highest BCUT2D eigenvalue weighted by Gasteiger charge is 2.17. The fourth-order valence-electron chi connectivity index (χ4n) is 2.32. The minimum atomic E-state index is -0.360. The molecule has 0 fully saturated rings. The molecule has 3 rings (SSSR count). The lowest BCUT2D eigenvalue weighted by Gasteiger charge is -2.21. The maximum absolute atomic E-state index is 12.1. The summed E-state index contributed by atoms with van der Waals surface area (Å²) in [4.78, 5) is 16.6. The summed E-state index contributed by atoms with van der Waals surface area (Å²) in [5, 5.41) is 16.7. The van der Waals surface area contributed by atoms with E-state index in [0.29, 0.717) is 16.3 Å². The van der Waals surface area contributed by atoms with Gasteiger partial charge in [-0.2, -0.15) is 0 Å². The van der Waals surface area contributed by atoms with Gasteiger partial charge in [-0.3, -0.25) is 0 Å². The summed E-state index contributed by atoms with van der Waals surface area (Å²) in [7, 11) is 0. The van der Waals surface area contributed by atoms with E-state index in [1.807, 2.05) is 45.0 Å². The number of urea groups is 1. The topological polar surface area (TPSA) is 74.2 Å². The number of halogens is 1. The first-order valence-electron chi connectivity index (χ1n) is 7.70. The number of carbonyl (C=O) groups is 1. The summed E-state index contributed by atoms with van der Waals surface area (Å²) >= 11 is 7.59. The van der Waals surface area contributed by atoms with Crippen molar-refractivity contribution >= 4 is 44.9 Å². The van der Waals surface area contributed by atoms with Gasteiger partial charge in [-0.15, -0.1) is 11.3 Å². The quantitative estimate of drug-likeness (QED) is 0.536. The van der Waals surface area contributed by atoms with Crippen molar-refractivity contribution in [1.82, 2.24) is 10.3 Å². The maximum Gasteiger partial charge on any atom is 0.319 e. The number of anilines is 1. The van der Waals surface area contributed by atoms with Gasteiger partial charge in [0, 0.05) is 11.2 Å². The van der Waals surface area contributed by atoms with E-state index in [4.69, 9.17) is 11.6 Å². The zero-order valence-corrected chi connectivity index (χ0v) is 15.6. The normalized spacial score (nSPS) is 11.5. The summed E-state index contributed by atoms with van der Waals surface area (Å²) in [6, 6.07) is 10.6. The molecule has 0 aliphatic carbocycles. The van der Waals surface area contributed by atoms with Crippen LogP contribution in [0, 0.1) is 0 Å². The molecule has 130 valence electrons. The first-order chi connectivity index (χ1) is 11.7. The minimum Gasteiger partial charge on any atom is -0.506 e. The number of benzene rings is 2. The predicted octanol–water partition coefficient (Wildman–Crippen LogP) is 5.24. The summed E-state index contributed by atoms with van der Waals surface area (Å²) in [6.45, 7) is 5.68. The first-order valence-corrected chi connectivity index (χ1v) is 8.90. The van der Waals surface area contributed by atoms with Crippen molar-refractivity contribution in [1.29, 1.82) is 0 Å². The molecule has 3 aromatic rings. The molecule has 5 nitrogen and oxygen atoms in total. The zero-order valence-electron chi connectivity index (χ0n) is 14.1. The number of aromatic nitrogens is 1. The number of rotatable bonds is 2. The molecular weight excluding hydrogens is 358 g/mol. The van der Waals surface area contributed by atoms with Gasteiger partial charge in [0.05, 0.1) is 20.8 Å². The van der Waals surface area contributed by atoms with Gasteiger partial charge < -0.3 is 15.7 Å². The number of thiazole rings is 1. The van der Waals surface area contributed by atoms with E-state index in [1.54, 1.807) is 6.07 Å². The molecule has 0 aliphatic heterocycles. The molecule has 0 spiro atoms. The first kappa shape index (κ1) is 17.5. The van der Waals surface area contributed by atoms with Gasteiger partial charge >= 0.3 is 6.03 Å². The standard InChI is InChI=1S/C18H18ClN3O2S/c1-18(2,3)22-17(24)20-10-8-11(15(23)12(19)9-10)16-21-13-6-4-5-7-14(13)25-16/h4-9,23H,1-3H3,(H2,20,22,24). The lowest BCUT2D eigenvalue weighted by Crippen LogP contribution is -2.43. The van der Waals surface area contributed by atoms with Crippen LogP contribution in [0.25, 0.3) is 20.8 Å². The van der Waals surface area contributed by atoms with Crippen molar-refractivity contribution in [2.45, 2.75) is 26.3 Å². The van der Waals surface area contributed by atoms with Gasteiger partial charge in [-0.25, -0.2) is 9.78 Å². The molecule has 0 saturated carbocycles. The smallest absolute Gasteiger partial charge is 0.319 e. The van der Waals surface area contributed by atoms with E-state index in [0.717, 1.165) is 10.2 Å². The third kappa shape index (κ3) is 4.03. The molecule has 0 unspecified atom stereocenters. The third-order valence-corrected chi connectivity index (χ3v) is 4.69. The molecule has 3 N–H and O–H groups in total. The van der Waals surface area contributed by atoms with Crippen LogP contribution in [0.2, 0.25) is 5.02 Å². The molecular formula is C18H18ClN3O2S. The monoisotopic (exact) mass is 375 g/mol. The molecule has 7 heteroatoms. The van der Waals surface area contributed by atoms with Gasteiger partial charge in [-0.1, -0.05) is 23.7 Å². The van der Waals surface area contributed by atoms with Crippen molar-refractivity contribution in [3.05, 3.63) is 41.4 Å². The Morgan fingerprint density at radius 1 is 1.24 bits per heavy atom. The third-order valence-electron chi connectivity index (χ3n) is 3.33. The SMILES string of the molecule is CC(C)(C)NC(=O)Nc1cc(Cl)c(O)c(-c2nc3ccccc3s2)c1. The number of amides is 2. The lowest BCUT2D eigenvalue weighted by atomic mass is 10.1. The van der Waals surface area contributed by atoms with Crippen molar-refractivity contribution in [3.8, 4) is 16.3 Å². The molecule has 2 aromatic carbocycles. The molecule has 25 heavy (non-hydrogen) atoms. The Hall–Kier alpha value is -2.31. The fraction of sp³-hybridized carbons (Fsp3) is 0.222. The van der Waals surface area contributed by atoms with Gasteiger partial charge in [0.15, 0.2) is 0 Å². The molecule has 2 amide bonds. The number of aromatic hydroxyl groups is 1. The average Bonchev–Trinajstić information content (AvgIpc) is 2.92. The van der Waals surface area contributed by atoms with Gasteiger partial charge in [-0.05, 0) is 45.0 Å². The fourth-order valence-corrected chi connectivity index (χ4v) is 3.53. The second-order valence-electron chi connectivity index (χ2n) is 6.67. The number of nitrogens with zero attached hydrogens (tertiary/aromatic N) is 1. The van der Waals surface area contributed by atoms with Crippen LogP contribution in [-0.4, -0.2) is 21.7 Å². The number of hydrogen-bond acceptors (Lipinski definition) is 4. The van der Waals surface area contributed by atoms with Crippen LogP contribution < -0.4 is 10.6 Å². The zero-order chi connectivity index (χ0) is 18.2. The van der Waals surface area contributed by atoms with Gasteiger partial charge in [0.25, 0.3) is 0 Å². The molecule has 0 aliphatic rings. The van der Waals surface area contributed by atoms with Crippen molar-refractivity contribution < 1.29 is 9.90 Å². The highest BCUT2D eigenvalue weighted by Crippen LogP contribution is 2.41. The second-order valence-corrected chi connectivity index (χ2v) is 8.11. The van der Waals surface area contributed by atoms with Crippen molar-refractivity contribution in [2.24, 2.45) is 0 Å². The number of phenolic OH excluding ortho intramolecular Hbond substituents is 1. The van der Waals surface area contributed by atoms with Crippen LogP contribution in [0.4, 0.5) is 10.5 Å². The Morgan fingerprint density at radius 2 is 1.96 bits per heavy atom. The molecule has 0 atom stereocenters. The van der Waals surface area contributed by atoms with Crippen LogP contribution >= 0.6 is 22.9 Å². The maximum atomic E-state index is 12.1. The largest absolute Gasteiger partial charge is 0.506 e. The Kier molecular flexibility index (Phi) is 4.58. The Balaban J connectivity index is 1.97. The van der Waals surface area contributed by atoms with E-state index < -0.39 is 0 Å². The van der Waals surface area contributed by atoms with Gasteiger partial charge in [0.2, 0.25) is 0 Å². The summed E-state index contributed by atoms with van der Waals surface area (Å²) in [5.41, 5.74) is 1.46. The van der Waals surface area contributed by atoms with E-state index in [2.05, 4.69) is 15.6 Å². The van der Waals surface area contributed by atoms with Gasteiger partial charge in [0.1, 0.15) is 10.8 Å². The molecule has 0 bridgehead atoms. The average molecular weight is 376 g/mol.